The average molecular weight is 297 g/mol. The third-order valence-corrected chi connectivity index (χ3v) is 2.83. The summed E-state index contributed by atoms with van der Waals surface area (Å²) < 4.78 is 10.5. The Morgan fingerprint density at radius 2 is 2.14 bits per heavy atom. The number of anilines is 1. The molecule has 1 amide bonds. The monoisotopic (exact) mass is 297 g/mol. The minimum absolute atomic E-state index is 0.183. The van der Waals surface area contributed by atoms with Crippen molar-refractivity contribution in [3.05, 3.63) is 47.7 Å². The number of carbonyl (C=O) groups is 1. The summed E-state index contributed by atoms with van der Waals surface area (Å²) in [5.74, 6) is 0.933. The predicted molar refractivity (Wildman–Crippen MR) is 80.8 cm³/mol. The van der Waals surface area contributed by atoms with Crippen molar-refractivity contribution >= 4 is 11.7 Å². The van der Waals surface area contributed by atoms with Gasteiger partial charge in [0.05, 0.1) is 18.7 Å². The zero-order valence-electron chi connectivity index (χ0n) is 12.3. The molecule has 1 heterocycles. The lowest BCUT2D eigenvalue weighted by Gasteiger charge is -2.10. The van der Waals surface area contributed by atoms with Gasteiger partial charge in [0, 0.05) is 12.3 Å². The molecular formula is C16H15N3O3. The molecule has 0 aliphatic carbocycles. The summed E-state index contributed by atoms with van der Waals surface area (Å²) >= 11 is 0. The quantitative estimate of drug-likeness (QED) is 0.915. The zero-order valence-corrected chi connectivity index (χ0v) is 12.3. The van der Waals surface area contributed by atoms with Crippen LogP contribution in [0.1, 0.15) is 11.1 Å². The van der Waals surface area contributed by atoms with Crippen LogP contribution >= 0.6 is 0 Å². The van der Waals surface area contributed by atoms with Crippen LogP contribution in [0.25, 0.3) is 0 Å². The van der Waals surface area contributed by atoms with E-state index in [4.69, 9.17) is 14.7 Å². The van der Waals surface area contributed by atoms with Crippen molar-refractivity contribution in [1.29, 1.82) is 5.26 Å². The molecule has 0 spiro atoms. The fourth-order valence-electron chi connectivity index (χ4n) is 1.72. The molecule has 6 nitrogen and oxygen atoms in total. The van der Waals surface area contributed by atoms with Gasteiger partial charge in [-0.05, 0) is 30.7 Å². The van der Waals surface area contributed by atoms with Crippen molar-refractivity contribution in [3.63, 3.8) is 0 Å². The first kappa shape index (κ1) is 15.3. The molecule has 0 saturated carbocycles. The number of hydrogen-bond donors (Lipinski definition) is 1. The molecule has 0 atom stereocenters. The highest BCUT2D eigenvalue weighted by atomic mass is 16.5. The van der Waals surface area contributed by atoms with Crippen molar-refractivity contribution in [2.24, 2.45) is 0 Å². The largest absolute Gasteiger partial charge is 0.493 e. The molecule has 0 saturated heterocycles. The van der Waals surface area contributed by atoms with Crippen molar-refractivity contribution < 1.29 is 14.3 Å². The van der Waals surface area contributed by atoms with E-state index in [0.29, 0.717) is 22.9 Å². The number of nitriles is 1. The normalized spacial score (nSPS) is 9.68. The van der Waals surface area contributed by atoms with E-state index < -0.39 is 0 Å². The van der Waals surface area contributed by atoms with Crippen LogP contribution in [0.3, 0.4) is 0 Å². The molecule has 112 valence electrons. The lowest BCUT2D eigenvalue weighted by Crippen LogP contribution is -2.20. The van der Waals surface area contributed by atoms with Crippen molar-refractivity contribution in [1.82, 2.24) is 4.98 Å². The Hall–Kier alpha value is -3.07. The molecule has 2 rings (SSSR count). The van der Waals surface area contributed by atoms with Gasteiger partial charge in [0.15, 0.2) is 18.1 Å². The maximum atomic E-state index is 11.8. The zero-order chi connectivity index (χ0) is 15.9. The summed E-state index contributed by atoms with van der Waals surface area (Å²) in [6.07, 6.45) is 1.67. The second-order valence-corrected chi connectivity index (χ2v) is 4.54. The SMILES string of the molecule is COc1cc(C#N)ccc1OCC(=O)Nc1ccc(C)cn1. The fraction of sp³-hybridized carbons (Fsp3) is 0.188. The number of amides is 1. The molecule has 1 N–H and O–H groups in total. The van der Waals surface area contributed by atoms with Crippen LogP contribution in [0.2, 0.25) is 0 Å². The molecule has 6 heteroatoms. The van der Waals surface area contributed by atoms with Gasteiger partial charge in [0.1, 0.15) is 5.82 Å². The molecule has 0 radical (unpaired) electrons. The Balaban J connectivity index is 1.96. The van der Waals surface area contributed by atoms with Crippen LogP contribution in [-0.2, 0) is 4.79 Å². The lowest BCUT2D eigenvalue weighted by atomic mass is 10.2. The Labute approximate surface area is 128 Å². The highest BCUT2D eigenvalue weighted by Crippen LogP contribution is 2.27. The summed E-state index contributed by atoms with van der Waals surface area (Å²) in [7, 11) is 1.47. The molecule has 2 aromatic rings. The first-order chi connectivity index (χ1) is 10.6. The van der Waals surface area contributed by atoms with Crippen LogP contribution in [0.4, 0.5) is 5.82 Å². The van der Waals surface area contributed by atoms with E-state index in [-0.39, 0.29) is 12.5 Å². The number of hydrogen-bond acceptors (Lipinski definition) is 5. The maximum Gasteiger partial charge on any atom is 0.263 e. The molecular weight excluding hydrogens is 282 g/mol. The van der Waals surface area contributed by atoms with Crippen molar-refractivity contribution in [3.8, 4) is 17.6 Å². The second kappa shape index (κ2) is 7.09. The highest BCUT2D eigenvalue weighted by molar-refractivity contribution is 5.90. The summed E-state index contributed by atoms with van der Waals surface area (Å²) in [6.45, 7) is 1.73. The highest BCUT2D eigenvalue weighted by Gasteiger charge is 2.09. The molecule has 0 unspecified atom stereocenters. The number of carbonyl (C=O) groups excluding carboxylic acids is 1. The van der Waals surface area contributed by atoms with Crippen LogP contribution in [0.5, 0.6) is 11.5 Å². The number of aryl methyl sites for hydroxylation is 1. The van der Waals surface area contributed by atoms with Crippen LogP contribution in [0.15, 0.2) is 36.5 Å². The van der Waals surface area contributed by atoms with Gasteiger partial charge in [-0.2, -0.15) is 5.26 Å². The number of methoxy groups -OCH3 is 1. The third-order valence-electron chi connectivity index (χ3n) is 2.83. The minimum atomic E-state index is -0.331. The minimum Gasteiger partial charge on any atom is -0.493 e. The standard InChI is InChI=1S/C16H15N3O3/c1-11-3-6-15(18-9-11)19-16(20)10-22-13-5-4-12(8-17)7-14(13)21-2/h3-7,9H,10H2,1-2H3,(H,18,19,20). The second-order valence-electron chi connectivity index (χ2n) is 4.54. The van der Waals surface area contributed by atoms with Gasteiger partial charge in [-0.25, -0.2) is 4.98 Å². The molecule has 22 heavy (non-hydrogen) atoms. The molecule has 0 fully saturated rings. The van der Waals surface area contributed by atoms with E-state index in [1.165, 1.54) is 7.11 Å². The summed E-state index contributed by atoms with van der Waals surface area (Å²) in [5, 5.41) is 11.5. The van der Waals surface area contributed by atoms with E-state index in [2.05, 4.69) is 10.3 Å². The van der Waals surface area contributed by atoms with Gasteiger partial charge in [-0.15, -0.1) is 0 Å². The van der Waals surface area contributed by atoms with Gasteiger partial charge >= 0.3 is 0 Å². The van der Waals surface area contributed by atoms with Crippen molar-refractivity contribution in [2.75, 3.05) is 19.0 Å². The summed E-state index contributed by atoms with van der Waals surface area (Å²) in [4.78, 5) is 15.9. The Morgan fingerprint density at radius 3 is 2.77 bits per heavy atom. The van der Waals surface area contributed by atoms with Crippen molar-refractivity contribution in [2.45, 2.75) is 6.92 Å². The van der Waals surface area contributed by atoms with Crippen LogP contribution in [-0.4, -0.2) is 24.6 Å². The number of pyridine rings is 1. The summed E-state index contributed by atoms with van der Waals surface area (Å²) in [6, 6.07) is 10.3. The van der Waals surface area contributed by atoms with E-state index in [1.54, 1.807) is 30.5 Å². The number of aromatic nitrogens is 1. The number of nitrogens with zero attached hydrogens (tertiary/aromatic N) is 2. The number of ether oxygens (including phenoxy) is 2. The Kier molecular flexibility index (Phi) is 4.94. The third kappa shape index (κ3) is 3.96. The fourth-order valence-corrected chi connectivity index (χ4v) is 1.72. The lowest BCUT2D eigenvalue weighted by molar-refractivity contribution is -0.118. The van der Waals surface area contributed by atoms with Crippen LogP contribution in [0, 0.1) is 18.3 Å². The van der Waals surface area contributed by atoms with E-state index >= 15 is 0 Å². The number of rotatable bonds is 5. The van der Waals surface area contributed by atoms with Gasteiger partial charge < -0.3 is 14.8 Å². The molecule has 0 aliphatic heterocycles. The molecule has 1 aromatic heterocycles. The van der Waals surface area contributed by atoms with Crippen LogP contribution < -0.4 is 14.8 Å². The van der Waals surface area contributed by atoms with Gasteiger partial charge in [-0.1, -0.05) is 6.07 Å². The van der Waals surface area contributed by atoms with Gasteiger partial charge in [0.25, 0.3) is 5.91 Å². The molecule has 0 bridgehead atoms. The van der Waals surface area contributed by atoms with E-state index in [0.717, 1.165) is 5.56 Å². The average Bonchev–Trinajstić information content (AvgIpc) is 2.55. The Morgan fingerprint density at radius 1 is 1.32 bits per heavy atom. The maximum absolute atomic E-state index is 11.8. The van der Waals surface area contributed by atoms with Gasteiger partial charge in [-0.3, -0.25) is 4.79 Å². The molecule has 1 aromatic carbocycles. The predicted octanol–water partition coefficient (Wildman–Crippen LogP) is 2.29. The summed E-state index contributed by atoms with van der Waals surface area (Å²) in [5.41, 5.74) is 1.47. The number of benzene rings is 1. The van der Waals surface area contributed by atoms with E-state index in [1.807, 2.05) is 19.1 Å². The first-order valence-electron chi connectivity index (χ1n) is 6.56. The first-order valence-corrected chi connectivity index (χ1v) is 6.56. The molecule has 0 aliphatic rings. The topological polar surface area (TPSA) is 84.2 Å². The smallest absolute Gasteiger partial charge is 0.263 e. The van der Waals surface area contributed by atoms with E-state index in [9.17, 15) is 4.79 Å². The number of nitrogens with one attached hydrogen (secondary N) is 1. The van der Waals surface area contributed by atoms with Gasteiger partial charge in [0.2, 0.25) is 0 Å². The Bertz CT molecular complexity index is 706.